The first-order valence-corrected chi connectivity index (χ1v) is 24.8. The Kier molecular flexibility index (Phi) is 20.9. The van der Waals surface area contributed by atoms with Crippen LogP contribution in [0.15, 0.2) is 134 Å². The van der Waals surface area contributed by atoms with Crippen LogP contribution in [0, 0.1) is 0 Å². The zero-order valence-electron chi connectivity index (χ0n) is 43.2. The minimum atomic E-state index is -2.08. The van der Waals surface area contributed by atoms with Crippen LogP contribution in [0.1, 0.15) is 69.1 Å². The Balaban J connectivity index is 1.40. The monoisotopic (exact) mass is 1100 g/mol. The second-order valence-corrected chi connectivity index (χ2v) is 17.8. The van der Waals surface area contributed by atoms with Gasteiger partial charge in [-0.25, -0.2) is 19.2 Å². The van der Waals surface area contributed by atoms with E-state index in [1.165, 1.54) is 54.6 Å². The number of hydrogen-bond acceptors (Lipinski definition) is 23. The van der Waals surface area contributed by atoms with Crippen molar-refractivity contribution >= 4 is 47.8 Å². The Hall–Kier alpha value is -7.90. The van der Waals surface area contributed by atoms with E-state index in [9.17, 15) is 43.5 Å². The summed E-state index contributed by atoms with van der Waals surface area (Å²) in [5, 5.41) is 10.8. The van der Waals surface area contributed by atoms with Crippen molar-refractivity contribution in [1.82, 2.24) is 0 Å². The van der Waals surface area contributed by atoms with Crippen LogP contribution in [0.3, 0.4) is 0 Å². The summed E-state index contributed by atoms with van der Waals surface area (Å²) < 4.78 is 85.2. The van der Waals surface area contributed by atoms with Crippen molar-refractivity contribution in [2.45, 2.75) is 114 Å². The molecule has 4 aromatic carbocycles. The molecular weight excluding hydrogens is 1040 g/mol. The number of aliphatic hydroxyl groups is 1. The SMILES string of the molecule is C=CCO[C@H]1O[C@H](CO)[C@@H](OC(C)=O)[C@H](O[C@@H]2OC[C@@H](OC(C)=O)[C@H](OC(C)=O)[C@H]2OC(C)=O)[C@H]1O[C@@H]1O[C@H](COC(=O)c2ccccc2)[C@H](OC(=O)c2ccccc2)[C@H](OC(=O)c2ccccc2)[C@H]1OC(=O)c1ccccc1. The minimum absolute atomic E-state index is 0.0103. The summed E-state index contributed by atoms with van der Waals surface area (Å²) in [6.07, 6.45) is -23.4. The Morgan fingerprint density at radius 3 is 1.35 bits per heavy atom. The summed E-state index contributed by atoms with van der Waals surface area (Å²) in [6, 6.07) is 30.6. The molecule has 420 valence electrons. The van der Waals surface area contributed by atoms with E-state index >= 15 is 0 Å². The highest BCUT2D eigenvalue weighted by Crippen LogP contribution is 2.38. The summed E-state index contributed by atoms with van der Waals surface area (Å²) in [6.45, 7) is 5.42. The van der Waals surface area contributed by atoms with Crippen molar-refractivity contribution in [1.29, 1.82) is 0 Å². The molecule has 0 bridgehead atoms. The number of aliphatic hydroxyl groups excluding tert-OH is 1. The molecule has 0 saturated carbocycles. The average molecular weight is 1100 g/mol. The maximum Gasteiger partial charge on any atom is 0.338 e. The minimum Gasteiger partial charge on any atom is -0.459 e. The van der Waals surface area contributed by atoms with Crippen molar-refractivity contribution in [3.8, 4) is 0 Å². The Labute approximate surface area is 452 Å². The van der Waals surface area contributed by atoms with Crippen LogP contribution in [0.5, 0.6) is 0 Å². The van der Waals surface area contributed by atoms with Gasteiger partial charge in [0.1, 0.15) is 31.0 Å². The zero-order valence-corrected chi connectivity index (χ0v) is 43.2. The van der Waals surface area contributed by atoms with Gasteiger partial charge in [0.25, 0.3) is 0 Å². The van der Waals surface area contributed by atoms with Crippen LogP contribution in [-0.2, 0) is 85.5 Å². The van der Waals surface area contributed by atoms with Gasteiger partial charge in [-0.05, 0) is 48.5 Å². The van der Waals surface area contributed by atoms with E-state index in [1.807, 2.05) is 0 Å². The molecule has 79 heavy (non-hydrogen) atoms. The molecular formula is C56H58O23. The van der Waals surface area contributed by atoms with E-state index in [-0.39, 0.29) is 28.9 Å². The van der Waals surface area contributed by atoms with Crippen molar-refractivity contribution < 1.29 is 110 Å². The first kappa shape index (κ1) is 58.8. The van der Waals surface area contributed by atoms with Crippen molar-refractivity contribution in [3.63, 3.8) is 0 Å². The van der Waals surface area contributed by atoms with Gasteiger partial charge in [0, 0.05) is 27.7 Å². The second-order valence-electron chi connectivity index (χ2n) is 17.8. The van der Waals surface area contributed by atoms with Gasteiger partial charge in [-0.15, -0.1) is 6.58 Å². The van der Waals surface area contributed by atoms with E-state index in [1.54, 1.807) is 72.8 Å². The third-order valence-electron chi connectivity index (χ3n) is 12.1. The Morgan fingerprint density at radius 2 is 0.873 bits per heavy atom. The lowest BCUT2D eigenvalue weighted by Crippen LogP contribution is -2.68. The third-order valence-corrected chi connectivity index (χ3v) is 12.1. The molecule has 3 saturated heterocycles. The molecule has 0 spiro atoms. The first-order chi connectivity index (χ1) is 38.0. The molecule has 3 aliphatic heterocycles. The molecule has 0 unspecified atom stereocenters. The fourth-order valence-electron chi connectivity index (χ4n) is 8.73. The number of esters is 8. The van der Waals surface area contributed by atoms with E-state index in [0.29, 0.717) is 0 Å². The summed E-state index contributed by atoms with van der Waals surface area (Å²) in [5.74, 6) is -7.53. The van der Waals surface area contributed by atoms with Crippen molar-refractivity contribution in [3.05, 3.63) is 156 Å². The summed E-state index contributed by atoms with van der Waals surface area (Å²) in [5.41, 5.74) is 0.0928. The first-order valence-electron chi connectivity index (χ1n) is 24.8. The predicted molar refractivity (Wildman–Crippen MR) is 266 cm³/mol. The smallest absolute Gasteiger partial charge is 0.338 e. The molecule has 23 heteroatoms. The lowest BCUT2D eigenvalue weighted by atomic mass is 9.95. The largest absolute Gasteiger partial charge is 0.459 e. The third kappa shape index (κ3) is 15.7. The van der Waals surface area contributed by atoms with Crippen LogP contribution >= 0.6 is 0 Å². The molecule has 14 atom stereocenters. The number of carbonyl (C=O) groups is 8. The number of carbonyl (C=O) groups excluding carboxylic acids is 8. The lowest BCUT2D eigenvalue weighted by molar-refractivity contribution is -0.385. The molecule has 0 amide bonds. The van der Waals surface area contributed by atoms with Crippen molar-refractivity contribution in [2.75, 3.05) is 26.4 Å². The fourth-order valence-corrected chi connectivity index (χ4v) is 8.73. The van der Waals surface area contributed by atoms with Crippen LogP contribution in [-0.4, -0.2) is 165 Å². The predicted octanol–water partition coefficient (Wildman–Crippen LogP) is 4.02. The number of rotatable bonds is 21. The normalized spacial score (nSPS) is 27.4. The molecule has 0 aromatic heterocycles. The molecule has 1 N–H and O–H groups in total. The van der Waals surface area contributed by atoms with Gasteiger partial charge in [-0.1, -0.05) is 78.9 Å². The van der Waals surface area contributed by atoms with E-state index in [2.05, 4.69) is 6.58 Å². The molecule has 23 nitrogen and oxygen atoms in total. The molecule has 3 aliphatic rings. The van der Waals surface area contributed by atoms with Gasteiger partial charge in [-0.3, -0.25) is 19.2 Å². The van der Waals surface area contributed by atoms with Gasteiger partial charge < -0.3 is 71.4 Å². The molecule has 4 aromatic rings. The van der Waals surface area contributed by atoms with Crippen LogP contribution in [0.25, 0.3) is 0 Å². The number of hydrogen-bond donors (Lipinski definition) is 1. The quantitative estimate of drug-likeness (QED) is 0.0700. The van der Waals surface area contributed by atoms with Gasteiger partial charge in [0.15, 0.2) is 61.6 Å². The van der Waals surface area contributed by atoms with Crippen LogP contribution < -0.4 is 0 Å². The van der Waals surface area contributed by atoms with Gasteiger partial charge >= 0.3 is 47.8 Å². The average Bonchev–Trinajstić information content (AvgIpc) is 3.57. The Morgan fingerprint density at radius 1 is 0.468 bits per heavy atom. The highest BCUT2D eigenvalue weighted by molar-refractivity contribution is 5.91. The maximum atomic E-state index is 14.4. The molecule has 3 fully saturated rings. The van der Waals surface area contributed by atoms with Crippen LogP contribution in [0.2, 0.25) is 0 Å². The Bertz CT molecular complexity index is 2720. The highest BCUT2D eigenvalue weighted by Gasteiger charge is 2.59. The van der Waals surface area contributed by atoms with E-state index in [0.717, 1.165) is 27.7 Å². The summed E-state index contributed by atoms with van der Waals surface area (Å²) >= 11 is 0. The van der Waals surface area contributed by atoms with Crippen LogP contribution in [0.4, 0.5) is 0 Å². The number of benzene rings is 4. The molecule has 0 aliphatic carbocycles. The van der Waals surface area contributed by atoms with Gasteiger partial charge in [0.05, 0.1) is 42.1 Å². The zero-order chi connectivity index (χ0) is 56.6. The maximum absolute atomic E-state index is 14.4. The highest BCUT2D eigenvalue weighted by atomic mass is 16.8. The lowest BCUT2D eigenvalue weighted by Gasteiger charge is -2.50. The molecule has 3 heterocycles. The summed E-state index contributed by atoms with van der Waals surface area (Å²) in [4.78, 5) is 107. The van der Waals surface area contributed by atoms with E-state index < -0.39 is 154 Å². The molecule has 7 rings (SSSR count). The number of ether oxygens (including phenoxy) is 14. The van der Waals surface area contributed by atoms with Gasteiger partial charge in [0.2, 0.25) is 0 Å². The summed E-state index contributed by atoms with van der Waals surface area (Å²) in [7, 11) is 0. The van der Waals surface area contributed by atoms with Gasteiger partial charge in [-0.2, -0.15) is 0 Å². The topological polar surface area (TPSA) is 286 Å². The second kappa shape index (κ2) is 28.1. The molecule has 0 radical (unpaired) electrons. The fraction of sp³-hybridized carbons (Fsp3) is 0.393. The van der Waals surface area contributed by atoms with E-state index in [4.69, 9.17) is 66.3 Å². The van der Waals surface area contributed by atoms with Crippen molar-refractivity contribution in [2.24, 2.45) is 0 Å². The standard InChI is InChI=1S/C56H58O23/c1-6-27-66-54-48(46(42(70-32(3)59)39(28-57)73-54)78-55-47(72-34(5)61)44(71-33(4)60)40(30-68-55)69-31(2)58)79-56-49(77-53(65)38-25-17-10-18-26-38)45(76-52(64)37-23-15-9-16-24-37)43(75-51(63)36-21-13-8-14-22-36)41(74-56)29-67-50(62)35-19-11-7-12-20-35/h6-26,39-49,54-57H,1,27-30H2,2-5H3/t39-,40-,41-,42-,43+,44+,45+,46+,47-,48-,49-,54+,55+,56+/m1/s1.